The number of carbonyl (C=O) groups is 2. The van der Waals surface area contributed by atoms with Gasteiger partial charge >= 0.3 is 5.97 Å². The van der Waals surface area contributed by atoms with Gasteiger partial charge in [-0.05, 0) is 57.2 Å². The van der Waals surface area contributed by atoms with E-state index in [1.165, 1.54) is 19.1 Å². The zero-order chi connectivity index (χ0) is 20.7. The molecule has 0 heterocycles. The van der Waals surface area contributed by atoms with Crippen LogP contribution in [0, 0.1) is 0 Å². The van der Waals surface area contributed by atoms with Crippen molar-refractivity contribution in [3.05, 3.63) is 52.0 Å². The van der Waals surface area contributed by atoms with Crippen molar-refractivity contribution in [3.63, 3.8) is 0 Å². The lowest BCUT2D eigenvalue weighted by Gasteiger charge is -2.16. The number of halogens is 2. The molecule has 0 spiro atoms. The van der Waals surface area contributed by atoms with E-state index in [0.717, 1.165) is 0 Å². The highest BCUT2D eigenvalue weighted by atomic mass is 35.5. The molecule has 2 rings (SSSR count). The maximum atomic E-state index is 12.4. The molecule has 1 unspecified atom stereocenters. The first-order chi connectivity index (χ1) is 13.3. The second kappa shape index (κ2) is 10.2. The molecular weight excluding hydrogens is 405 g/mol. The van der Waals surface area contributed by atoms with Crippen LogP contribution in [0.4, 0.5) is 5.69 Å². The molecule has 0 fully saturated rings. The van der Waals surface area contributed by atoms with Gasteiger partial charge in [0.05, 0.1) is 29.5 Å². The van der Waals surface area contributed by atoms with Crippen LogP contribution >= 0.6 is 23.2 Å². The van der Waals surface area contributed by atoms with Crippen LogP contribution in [-0.4, -0.2) is 31.2 Å². The molecule has 0 radical (unpaired) electrons. The Bertz CT molecular complexity index is 856. The highest BCUT2D eigenvalue weighted by molar-refractivity contribution is 6.35. The molecule has 0 aliphatic carbocycles. The molecule has 28 heavy (non-hydrogen) atoms. The fraction of sp³-hybridized carbons (Fsp3) is 0.300. The van der Waals surface area contributed by atoms with Crippen LogP contribution in [0.15, 0.2) is 36.4 Å². The van der Waals surface area contributed by atoms with Gasteiger partial charge in [0, 0.05) is 5.02 Å². The first-order valence-corrected chi connectivity index (χ1v) is 9.47. The Kier molecular flexibility index (Phi) is 7.96. The predicted molar refractivity (Wildman–Crippen MR) is 109 cm³/mol. The molecule has 6 nitrogen and oxygen atoms in total. The molecule has 0 aliphatic heterocycles. The summed E-state index contributed by atoms with van der Waals surface area (Å²) >= 11 is 11.9. The molecule has 0 saturated heterocycles. The van der Waals surface area contributed by atoms with E-state index in [0.29, 0.717) is 40.4 Å². The van der Waals surface area contributed by atoms with E-state index < -0.39 is 18.0 Å². The molecule has 2 aromatic carbocycles. The summed E-state index contributed by atoms with van der Waals surface area (Å²) in [6, 6.07) is 9.37. The van der Waals surface area contributed by atoms with Crippen molar-refractivity contribution in [2.24, 2.45) is 0 Å². The van der Waals surface area contributed by atoms with Crippen LogP contribution in [0.5, 0.6) is 11.5 Å². The lowest BCUT2D eigenvalue weighted by Crippen LogP contribution is -2.30. The molecule has 1 atom stereocenters. The molecule has 2 aromatic rings. The molecule has 0 bridgehead atoms. The highest BCUT2D eigenvalue weighted by Gasteiger charge is 2.21. The number of amides is 1. The van der Waals surface area contributed by atoms with Crippen molar-refractivity contribution < 1.29 is 23.8 Å². The summed E-state index contributed by atoms with van der Waals surface area (Å²) in [4.78, 5) is 24.7. The lowest BCUT2D eigenvalue weighted by molar-refractivity contribution is -0.123. The van der Waals surface area contributed by atoms with Crippen LogP contribution in [0.2, 0.25) is 10.0 Å². The number of rotatable bonds is 8. The van der Waals surface area contributed by atoms with Gasteiger partial charge in [0.25, 0.3) is 5.91 Å². The molecule has 0 aliphatic rings. The van der Waals surface area contributed by atoms with Crippen molar-refractivity contribution in [3.8, 4) is 11.5 Å². The largest absolute Gasteiger partial charge is 0.490 e. The number of nitrogens with one attached hydrogen (secondary N) is 1. The SMILES string of the molecule is CCOc1ccc(C(=O)OC(C)C(=O)Nc2cc(Cl)ccc2Cl)cc1OCC. The minimum Gasteiger partial charge on any atom is -0.490 e. The van der Waals surface area contributed by atoms with Crippen LogP contribution in [0.25, 0.3) is 0 Å². The minimum absolute atomic E-state index is 0.243. The van der Waals surface area contributed by atoms with Crippen LogP contribution in [0.1, 0.15) is 31.1 Å². The van der Waals surface area contributed by atoms with Crippen molar-refractivity contribution in [1.29, 1.82) is 0 Å². The Morgan fingerprint density at radius 2 is 1.68 bits per heavy atom. The molecule has 150 valence electrons. The fourth-order valence-corrected chi connectivity index (χ4v) is 2.62. The quantitative estimate of drug-likeness (QED) is 0.603. The summed E-state index contributed by atoms with van der Waals surface area (Å²) in [5.41, 5.74) is 0.578. The molecular formula is C20H21Cl2NO5. The monoisotopic (exact) mass is 425 g/mol. The van der Waals surface area contributed by atoms with E-state index in [-0.39, 0.29) is 5.56 Å². The van der Waals surface area contributed by atoms with Crippen LogP contribution < -0.4 is 14.8 Å². The fourth-order valence-electron chi connectivity index (χ4n) is 2.29. The Hall–Kier alpha value is -2.44. The molecule has 8 heteroatoms. The first kappa shape index (κ1) is 21.9. The van der Waals surface area contributed by atoms with E-state index in [4.69, 9.17) is 37.4 Å². The summed E-state index contributed by atoms with van der Waals surface area (Å²) in [5, 5.41) is 3.33. The third-order valence-corrected chi connectivity index (χ3v) is 4.18. The summed E-state index contributed by atoms with van der Waals surface area (Å²) < 4.78 is 16.2. The van der Waals surface area contributed by atoms with Gasteiger partial charge in [0.2, 0.25) is 0 Å². The van der Waals surface area contributed by atoms with Crippen LogP contribution in [-0.2, 0) is 9.53 Å². The molecule has 1 N–H and O–H groups in total. The number of hydrogen-bond acceptors (Lipinski definition) is 5. The third-order valence-electron chi connectivity index (χ3n) is 3.62. The molecule has 0 saturated carbocycles. The number of esters is 1. The van der Waals surface area contributed by atoms with Crippen molar-refractivity contribution in [2.45, 2.75) is 26.9 Å². The third kappa shape index (κ3) is 5.78. The summed E-state index contributed by atoms with van der Waals surface area (Å²) in [7, 11) is 0. The summed E-state index contributed by atoms with van der Waals surface area (Å²) in [5.74, 6) is -0.235. The van der Waals surface area contributed by atoms with Gasteiger partial charge < -0.3 is 19.5 Å². The standard InChI is InChI=1S/C20H21Cl2NO5/c1-4-26-17-9-6-13(10-18(17)27-5-2)20(25)28-12(3)19(24)23-16-11-14(21)7-8-15(16)22/h6-12H,4-5H2,1-3H3,(H,23,24). The maximum Gasteiger partial charge on any atom is 0.339 e. The molecule has 1 amide bonds. The van der Waals surface area contributed by atoms with Crippen LogP contribution in [0.3, 0.4) is 0 Å². The van der Waals surface area contributed by atoms with Crippen molar-refractivity contribution in [2.75, 3.05) is 18.5 Å². The number of hydrogen-bond donors (Lipinski definition) is 1. The minimum atomic E-state index is -1.05. The highest BCUT2D eigenvalue weighted by Crippen LogP contribution is 2.29. The zero-order valence-electron chi connectivity index (χ0n) is 15.8. The number of ether oxygens (including phenoxy) is 3. The van der Waals surface area contributed by atoms with Gasteiger partial charge in [-0.15, -0.1) is 0 Å². The maximum absolute atomic E-state index is 12.4. The Balaban J connectivity index is 2.07. The van der Waals surface area contributed by atoms with Gasteiger partial charge in [0.1, 0.15) is 0 Å². The van der Waals surface area contributed by atoms with Gasteiger partial charge in [-0.25, -0.2) is 4.79 Å². The van der Waals surface area contributed by atoms with Crippen molar-refractivity contribution in [1.82, 2.24) is 0 Å². The van der Waals surface area contributed by atoms with E-state index in [9.17, 15) is 9.59 Å². The van der Waals surface area contributed by atoms with Crippen molar-refractivity contribution >= 4 is 40.8 Å². The summed E-state index contributed by atoms with van der Waals surface area (Å²) in [6.07, 6.45) is -1.05. The number of carbonyl (C=O) groups excluding carboxylic acids is 2. The second-order valence-electron chi connectivity index (χ2n) is 5.69. The van der Waals surface area contributed by atoms with Gasteiger partial charge in [0.15, 0.2) is 17.6 Å². The number of anilines is 1. The van der Waals surface area contributed by atoms with Gasteiger partial charge in [-0.3, -0.25) is 4.79 Å². The topological polar surface area (TPSA) is 73.9 Å². The average Bonchev–Trinajstić information content (AvgIpc) is 2.66. The van der Waals surface area contributed by atoms with E-state index in [2.05, 4.69) is 5.32 Å². The smallest absolute Gasteiger partial charge is 0.339 e. The Labute approximate surface area is 173 Å². The normalized spacial score (nSPS) is 11.5. The molecule has 0 aromatic heterocycles. The average molecular weight is 426 g/mol. The Morgan fingerprint density at radius 1 is 1.00 bits per heavy atom. The Morgan fingerprint density at radius 3 is 2.36 bits per heavy atom. The lowest BCUT2D eigenvalue weighted by atomic mass is 10.2. The first-order valence-electron chi connectivity index (χ1n) is 8.72. The van der Waals surface area contributed by atoms with E-state index >= 15 is 0 Å². The van der Waals surface area contributed by atoms with E-state index in [1.807, 2.05) is 13.8 Å². The van der Waals surface area contributed by atoms with E-state index in [1.54, 1.807) is 24.3 Å². The predicted octanol–water partition coefficient (Wildman–Crippen LogP) is 4.97. The van der Waals surface area contributed by atoms with Gasteiger partial charge in [-0.1, -0.05) is 23.2 Å². The van der Waals surface area contributed by atoms with Gasteiger partial charge in [-0.2, -0.15) is 0 Å². The summed E-state index contributed by atoms with van der Waals surface area (Å²) in [6.45, 7) is 6.02. The number of benzene rings is 2. The zero-order valence-corrected chi connectivity index (χ0v) is 17.3. The second-order valence-corrected chi connectivity index (χ2v) is 6.53.